The van der Waals surface area contributed by atoms with Gasteiger partial charge in [0.15, 0.2) is 6.29 Å². The SMILES string of the molecule is OCC1O[C@H](OC2[C@@H](O)[C@@H](CO)O[C@@]2(O)CO)C(O)[C@@H](O)[C@@H]1O. The maximum Gasteiger partial charge on any atom is 0.219 e. The van der Waals surface area contributed by atoms with Crippen molar-refractivity contribution in [1.29, 1.82) is 0 Å². The molecular formula is C12H22O11. The summed E-state index contributed by atoms with van der Waals surface area (Å²) in [4.78, 5) is 0. The summed E-state index contributed by atoms with van der Waals surface area (Å²) in [6.45, 7) is -2.33. The molecular weight excluding hydrogens is 320 g/mol. The molecule has 136 valence electrons. The second-order valence-electron chi connectivity index (χ2n) is 5.59. The molecule has 2 saturated heterocycles. The molecule has 0 radical (unpaired) electrons. The van der Waals surface area contributed by atoms with E-state index in [0.717, 1.165) is 0 Å². The number of hydrogen-bond donors (Lipinski definition) is 8. The van der Waals surface area contributed by atoms with E-state index in [1.807, 2.05) is 0 Å². The van der Waals surface area contributed by atoms with Crippen molar-refractivity contribution in [2.75, 3.05) is 19.8 Å². The monoisotopic (exact) mass is 342 g/mol. The molecule has 0 aromatic heterocycles. The van der Waals surface area contributed by atoms with Crippen molar-refractivity contribution in [3.05, 3.63) is 0 Å². The molecule has 2 aliphatic rings. The van der Waals surface area contributed by atoms with Crippen LogP contribution in [0.25, 0.3) is 0 Å². The lowest BCUT2D eigenvalue weighted by Crippen LogP contribution is -2.61. The summed E-state index contributed by atoms with van der Waals surface area (Å²) in [5, 5.41) is 76.7. The van der Waals surface area contributed by atoms with Crippen LogP contribution in [0.15, 0.2) is 0 Å². The first kappa shape index (κ1) is 18.9. The first-order valence-corrected chi connectivity index (χ1v) is 7.05. The number of aliphatic hydroxyl groups excluding tert-OH is 7. The Bertz CT molecular complexity index is 393. The highest BCUT2D eigenvalue weighted by atomic mass is 16.7. The van der Waals surface area contributed by atoms with E-state index in [9.17, 15) is 30.6 Å². The van der Waals surface area contributed by atoms with Gasteiger partial charge in [0.1, 0.15) is 42.7 Å². The zero-order valence-electron chi connectivity index (χ0n) is 12.0. The van der Waals surface area contributed by atoms with Crippen LogP contribution in [0.4, 0.5) is 0 Å². The zero-order chi connectivity index (χ0) is 17.4. The number of hydrogen-bond acceptors (Lipinski definition) is 11. The summed E-state index contributed by atoms with van der Waals surface area (Å²) >= 11 is 0. The van der Waals surface area contributed by atoms with Crippen LogP contribution in [0.1, 0.15) is 0 Å². The largest absolute Gasteiger partial charge is 0.394 e. The van der Waals surface area contributed by atoms with E-state index in [1.165, 1.54) is 0 Å². The summed E-state index contributed by atoms with van der Waals surface area (Å²) in [5.74, 6) is -2.37. The van der Waals surface area contributed by atoms with E-state index in [-0.39, 0.29) is 0 Å². The van der Waals surface area contributed by atoms with Crippen molar-refractivity contribution in [1.82, 2.24) is 0 Å². The molecule has 23 heavy (non-hydrogen) atoms. The summed E-state index contributed by atoms with van der Waals surface area (Å²) in [6.07, 6.45) is -12.4. The average molecular weight is 342 g/mol. The van der Waals surface area contributed by atoms with Gasteiger partial charge in [-0.3, -0.25) is 0 Å². The molecule has 0 spiro atoms. The van der Waals surface area contributed by atoms with E-state index in [4.69, 9.17) is 24.4 Å². The molecule has 2 heterocycles. The minimum absolute atomic E-state index is 0.669. The van der Waals surface area contributed by atoms with Gasteiger partial charge in [-0.2, -0.15) is 0 Å². The second kappa shape index (κ2) is 7.21. The lowest BCUT2D eigenvalue weighted by atomic mass is 9.99. The van der Waals surface area contributed by atoms with Crippen LogP contribution in [-0.4, -0.2) is 115 Å². The van der Waals surface area contributed by atoms with E-state index < -0.39 is 74.6 Å². The van der Waals surface area contributed by atoms with Gasteiger partial charge in [-0.15, -0.1) is 0 Å². The predicted octanol–water partition coefficient (Wildman–Crippen LogP) is -5.40. The van der Waals surface area contributed by atoms with Gasteiger partial charge in [0, 0.05) is 0 Å². The van der Waals surface area contributed by atoms with Crippen LogP contribution < -0.4 is 0 Å². The molecule has 2 rings (SSSR count). The van der Waals surface area contributed by atoms with Crippen molar-refractivity contribution >= 4 is 0 Å². The first-order valence-electron chi connectivity index (χ1n) is 7.05. The molecule has 0 amide bonds. The van der Waals surface area contributed by atoms with Crippen LogP contribution in [0.2, 0.25) is 0 Å². The third-order valence-electron chi connectivity index (χ3n) is 4.03. The van der Waals surface area contributed by atoms with Crippen LogP contribution in [0, 0.1) is 0 Å². The first-order chi connectivity index (χ1) is 10.8. The highest BCUT2D eigenvalue weighted by molar-refractivity contribution is 4.98. The van der Waals surface area contributed by atoms with E-state index in [1.54, 1.807) is 0 Å². The quantitative estimate of drug-likeness (QED) is 0.238. The number of aliphatic hydroxyl groups is 8. The Morgan fingerprint density at radius 3 is 1.96 bits per heavy atom. The van der Waals surface area contributed by atoms with E-state index in [0.29, 0.717) is 0 Å². The van der Waals surface area contributed by atoms with E-state index >= 15 is 0 Å². The lowest BCUT2D eigenvalue weighted by Gasteiger charge is -2.41. The van der Waals surface area contributed by atoms with Crippen LogP contribution in [-0.2, 0) is 14.2 Å². The second-order valence-corrected chi connectivity index (χ2v) is 5.59. The van der Waals surface area contributed by atoms with Gasteiger partial charge >= 0.3 is 0 Å². The molecule has 11 heteroatoms. The maximum atomic E-state index is 10.1. The Balaban J connectivity index is 2.15. The topological polar surface area (TPSA) is 190 Å². The van der Waals surface area contributed by atoms with Gasteiger partial charge in [0.25, 0.3) is 0 Å². The number of ether oxygens (including phenoxy) is 3. The molecule has 0 aliphatic carbocycles. The molecule has 2 aliphatic heterocycles. The summed E-state index contributed by atoms with van der Waals surface area (Å²) in [7, 11) is 0. The molecule has 0 aromatic carbocycles. The fraction of sp³-hybridized carbons (Fsp3) is 1.00. The van der Waals surface area contributed by atoms with Gasteiger partial charge < -0.3 is 55.1 Å². The van der Waals surface area contributed by atoms with Crippen LogP contribution >= 0.6 is 0 Å². The zero-order valence-corrected chi connectivity index (χ0v) is 12.0. The molecule has 11 nitrogen and oxygen atoms in total. The van der Waals surface area contributed by atoms with Gasteiger partial charge in [-0.1, -0.05) is 0 Å². The van der Waals surface area contributed by atoms with Gasteiger partial charge in [-0.05, 0) is 0 Å². The summed E-state index contributed by atoms with van der Waals surface area (Å²) < 4.78 is 15.2. The molecule has 8 N–H and O–H groups in total. The van der Waals surface area contributed by atoms with Crippen molar-refractivity contribution in [3.8, 4) is 0 Å². The molecule has 0 saturated carbocycles. The Morgan fingerprint density at radius 1 is 0.826 bits per heavy atom. The fourth-order valence-corrected chi connectivity index (χ4v) is 2.64. The standard InChI is InChI=1S/C12H22O11/c13-1-4-6(16)8(18)9(19)11(21-4)22-10-7(17)5(2-14)23-12(10,20)3-15/h4-11,13-20H,1-3H2/t4?,5-,6-,7+,8+,9?,10?,11-,12+/m1/s1. The van der Waals surface area contributed by atoms with Crippen molar-refractivity contribution in [2.45, 2.75) is 54.8 Å². The average Bonchev–Trinajstić information content (AvgIpc) is 2.79. The molecule has 3 unspecified atom stereocenters. The van der Waals surface area contributed by atoms with E-state index in [2.05, 4.69) is 0 Å². The highest BCUT2D eigenvalue weighted by Gasteiger charge is 2.57. The third kappa shape index (κ3) is 3.36. The Kier molecular flexibility index (Phi) is 5.92. The fourth-order valence-electron chi connectivity index (χ4n) is 2.64. The molecule has 0 aromatic rings. The van der Waals surface area contributed by atoms with Crippen LogP contribution in [0.3, 0.4) is 0 Å². The Hall–Kier alpha value is -0.440. The summed E-state index contributed by atoms with van der Waals surface area (Å²) in [6, 6.07) is 0. The smallest absolute Gasteiger partial charge is 0.219 e. The molecule has 0 bridgehead atoms. The normalized spacial score (nSPS) is 51.1. The molecule has 2 fully saturated rings. The lowest BCUT2D eigenvalue weighted by molar-refractivity contribution is -0.342. The Labute approximate surface area is 130 Å². The van der Waals surface area contributed by atoms with Crippen LogP contribution in [0.5, 0.6) is 0 Å². The highest BCUT2D eigenvalue weighted by Crippen LogP contribution is 2.34. The number of rotatable bonds is 5. The van der Waals surface area contributed by atoms with Crippen molar-refractivity contribution < 1.29 is 55.1 Å². The Morgan fingerprint density at radius 2 is 1.43 bits per heavy atom. The maximum absolute atomic E-state index is 10.1. The minimum atomic E-state index is -2.37. The third-order valence-corrected chi connectivity index (χ3v) is 4.03. The predicted molar refractivity (Wildman–Crippen MR) is 68.6 cm³/mol. The van der Waals surface area contributed by atoms with Crippen molar-refractivity contribution in [3.63, 3.8) is 0 Å². The minimum Gasteiger partial charge on any atom is -0.394 e. The van der Waals surface area contributed by atoms with Gasteiger partial charge in [0.05, 0.1) is 19.8 Å². The summed E-state index contributed by atoms with van der Waals surface area (Å²) in [5.41, 5.74) is 0. The molecule has 9 atom stereocenters. The van der Waals surface area contributed by atoms with Gasteiger partial charge in [-0.25, -0.2) is 0 Å². The van der Waals surface area contributed by atoms with Crippen molar-refractivity contribution in [2.24, 2.45) is 0 Å². The van der Waals surface area contributed by atoms with Gasteiger partial charge in [0.2, 0.25) is 5.79 Å².